The molecule has 0 aromatic rings. The van der Waals surface area contributed by atoms with Gasteiger partial charge < -0.3 is 33.8 Å². The lowest BCUT2D eigenvalue weighted by atomic mass is 10.1. The van der Waals surface area contributed by atoms with Crippen LogP contribution >= 0.6 is 15.6 Å². The van der Waals surface area contributed by atoms with Crippen molar-refractivity contribution in [1.29, 1.82) is 0 Å². The molecule has 0 aliphatic carbocycles. The van der Waals surface area contributed by atoms with Crippen LogP contribution in [0.15, 0.2) is 243 Å². The molecule has 0 saturated heterocycles. The third kappa shape index (κ3) is 79.0. The predicted molar refractivity (Wildman–Crippen MR) is 454 cm³/mol. The summed E-state index contributed by atoms with van der Waals surface area (Å²) in [5.41, 5.74) is 0. The molecule has 3 N–H and O–H groups in total. The van der Waals surface area contributed by atoms with Crippen molar-refractivity contribution in [1.82, 2.24) is 0 Å². The molecule has 5 unspecified atom stereocenters. The summed E-state index contributed by atoms with van der Waals surface area (Å²) in [6.07, 6.45) is 105. The average Bonchev–Trinajstić information content (AvgIpc) is 0.899. The first-order valence-electron chi connectivity index (χ1n) is 40.3. The maximum atomic E-state index is 13.1. The van der Waals surface area contributed by atoms with E-state index in [0.29, 0.717) is 44.9 Å². The zero-order valence-electron chi connectivity index (χ0n) is 67.1. The van der Waals surface area contributed by atoms with Gasteiger partial charge >= 0.3 is 39.5 Å². The Morgan fingerprint density at radius 3 is 0.727 bits per heavy atom. The highest BCUT2D eigenvalue weighted by Gasteiger charge is 2.30. The SMILES string of the molecule is CC/C=C\C/C=C\C/C=C\C/C=C\C/C=C\C/C=C\CCC(=O)OCC(COP(=O)(O)OCC(O)COP(=O)(O)OCC(COC(=O)CC/C=C\C/C=C\C/C=C\C/C=C\C/C=C\C/C=C\CC)OC(=O)CCCCCC/C=C\C/C=C\C/C=C\C/C=C\CC)OC(=O)CCCC/C=C\C/C=C\C/C=C\C/C=C\CC. The highest BCUT2D eigenvalue weighted by atomic mass is 31.2. The average molecular weight is 1570 g/mol. The Morgan fingerprint density at radius 2 is 0.464 bits per heavy atom. The Kier molecular flexibility index (Phi) is 74.7. The smallest absolute Gasteiger partial charge is 0.462 e. The normalized spacial score (nSPS) is 15.1. The summed E-state index contributed by atoms with van der Waals surface area (Å²) in [7, 11) is -10.1. The van der Waals surface area contributed by atoms with Crippen LogP contribution in [0.2, 0.25) is 0 Å². The fraction of sp³-hybridized carbons (Fsp3) is 0.516. The molecular formula is C91H138O17P2. The fourth-order valence-corrected chi connectivity index (χ4v) is 10.9. The molecule has 19 heteroatoms. The lowest BCUT2D eigenvalue weighted by Crippen LogP contribution is -2.30. The first-order valence-corrected chi connectivity index (χ1v) is 43.3. The Balaban J connectivity index is 5.60. The number of aliphatic hydroxyl groups excluding tert-OH is 1. The summed E-state index contributed by atoms with van der Waals surface area (Å²) in [6, 6.07) is 0. The molecule has 0 aromatic carbocycles. The molecule has 0 heterocycles. The number of phosphoric ester groups is 2. The number of carbonyl (C=O) groups is 4. The maximum absolute atomic E-state index is 13.1. The van der Waals surface area contributed by atoms with E-state index in [0.717, 1.165) is 148 Å². The van der Waals surface area contributed by atoms with E-state index >= 15 is 0 Å². The van der Waals surface area contributed by atoms with E-state index in [1.165, 1.54) is 0 Å². The van der Waals surface area contributed by atoms with Gasteiger partial charge in [0.1, 0.15) is 19.3 Å². The molecule has 0 spiro atoms. The van der Waals surface area contributed by atoms with E-state index in [1.807, 2.05) is 42.5 Å². The van der Waals surface area contributed by atoms with E-state index in [4.69, 9.17) is 37.0 Å². The van der Waals surface area contributed by atoms with Crippen LogP contribution in [0.4, 0.5) is 0 Å². The fourth-order valence-electron chi connectivity index (χ4n) is 9.37. The van der Waals surface area contributed by atoms with Crippen molar-refractivity contribution in [3.05, 3.63) is 243 Å². The number of rotatable bonds is 72. The molecule has 110 heavy (non-hydrogen) atoms. The number of esters is 4. The molecule has 0 fully saturated rings. The number of hydrogen-bond acceptors (Lipinski definition) is 15. The standard InChI is InChI=1S/C91H138O17P2/c1-5-9-13-17-21-25-29-33-37-40-42-45-48-51-55-59-63-67-71-75-88(93)101-81-86(107-90(95)77-73-69-65-61-57-53-47-36-32-28-24-20-16-12-8-4)83-105-109(97,98)103-79-85(92)80-104-110(99,100)106-84-87(108-91(96)78-74-70-66-62-58-54-50-44-39-35-31-27-23-19-15-11-7-3)82-102-89(94)76-72-68-64-60-56-52-49-46-43-41-38-34-30-26-22-18-14-10-6-2/h9-16,21-28,33-39,42-43,45-47,50-52,54-57,61,63-64,67-68,85-87,92H,5-8,17-20,29-32,40-41,44,48-49,53,58-60,62,65-66,69-84H2,1-4H3,(H,97,98)(H,99,100)/b13-9-,14-10-,15-11-,16-12-,25-21-,26-22-,27-23-,28-24-,37-33-,38-34-,39-35-,45-42-,46-43-,47-36-,54-50-,55-51-,56-52-,61-57-,67-63-,68-64-. The van der Waals surface area contributed by atoms with Gasteiger partial charge in [-0.25, -0.2) is 9.13 Å². The number of phosphoric acid groups is 2. The third-order valence-corrected chi connectivity index (χ3v) is 17.2. The molecule has 0 saturated carbocycles. The van der Waals surface area contributed by atoms with E-state index < -0.39 is 97.5 Å². The van der Waals surface area contributed by atoms with Crippen molar-refractivity contribution in [3.8, 4) is 0 Å². The molecule has 17 nitrogen and oxygen atoms in total. The summed E-state index contributed by atoms with van der Waals surface area (Å²) in [6.45, 7) is 4.11. The van der Waals surface area contributed by atoms with Crippen molar-refractivity contribution >= 4 is 39.5 Å². The molecular weight excluding hydrogens is 1430 g/mol. The summed E-state index contributed by atoms with van der Waals surface area (Å²) in [4.78, 5) is 73.1. The number of aliphatic hydroxyl groups is 1. The van der Waals surface area contributed by atoms with Crippen LogP contribution in [0.5, 0.6) is 0 Å². The van der Waals surface area contributed by atoms with Crippen molar-refractivity contribution in [2.45, 2.75) is 264 Å². The Bertz CT molecular complexity index is 3050. The molecule has 0 aliphatic rings. The minimum Gasteiger partial charge on any atom is -0.462 e. The number of unbranched alkanes of at least 4 members (excludes halogenated alkanes) is 6. The highest BCUT2D eigenvalue weighted by molar-refractivity contribution is 7.47. The van der Waals surface area contributed by atoms with E-state index in [9.17, 15) is 43.2 Å². The van der Waals surface area contributed by atoms with E-state index in [1.54, 1.807) is 0 Å². The van der Waals surface area contributed by atoms with E-state index in [-0.39, 0.29) is 25.7 Å². The second-order valence-corrected chi connectivity index (χ2v) is 28.4. The van der Waals surface area contributed by atoms with Crippen LogP contribution in [0.25, 0.3) is 0 Å². The Hall–Kier alpha value is -7.14. The van der Waals surface area contributed by atoms with Crippen LogP contribution in [-0.2, 0) is 65.4 Å². The number of ether oxygens (including phenoxy) is 4. The highest BCUT2D eigenvalue weighted by Crippen LogP contribution is 2.45. The van der Waals surface area contributed by atoms with Gasteiger partial charge in [0.2, 0.25) is 0 Å². The van der Waals surface area contributed by atoms with Crippen molar-refractivity contribution in [3.63, 3.8) is 0 Å². The van der Waals surface area contributed by atoms with Crippen LogP contribution in [0.3, 0.4) is 0 Å². The number of hydrogen-bond donors (Lipinski definition) is 3. The second kappa shape index (κ2) is 79.9. The molecule has 0 aliphatic heterocycles. The minimum atomic E-state index is -5.03. The first-order chi connectivity index (χ1) is 53.7. The maximum Gasteiger partial charge on any atom is 0.472 e. The molecule has 0 rings (SSSR count). The molecule has 0 bridgehead atoms. The second-order valence-electron chi connectivity index (χ2n) is 25.5. The Morgan fingerprint density at radius 1 is 0.255 bits per heavy atom. The first kappa shape index (κ1) is 103. The van der Waals surface area contributed by atoms with Crippen LogP contribution < -0.4 is 0 Å². The molecule has 0 amide bonds. The lowest BCUT2D eigenvalue weighted by Gasteiger charge is -2.21. The van der Waals surface area contributed by atoms with Crippen molar-refractivity contribution in [2.24, 2.45) is 0 Å². The number of allylic oxidation sites excluding steroid dienone is 40. The monoisotopic (exact) mass is 1560 g/mol. The lowest BCUT2D eigenvalue weighted by molar-refractivity contribution is -0.161. The van der Waals surface area contributed by atoms with E-state index in [2.05, 4.69) is 228 Å². The third-order valence-electron chi connectivity index (χ3n) is 15.3. The van der Waals surface area contributed by atoms with Gasteiger partial charge in [0.25, 0.3) is 0 Å². The van der Waals surface area contributed by atoms with Gasteiger partial charge in [-0.2, -0.15) is 0 Å². The van der Waals surface area contributed by atoms with Crippen molar-refractivity contribution in [2.75, 3.05) is 39.6 Å². The van der Waals surface area contributed by atoms with Gasteiger partial charge in [0.15, 0.2) is 12.2 Å². The van der Waals surface area contributed by atoms with Gasteiger partial charge in [-0.15, -0.1) is 0 Å². The molecule has 0 aromatic heterocycles. The molecule has 5 atom stereocenters. The molecule has 0 radical (unpaired) electrons. The summed E-state index contributed by atoms with van der Waals surface area (Å²) >= 11 is 0. The summed E-state index contributed by atoms with van der Waals surface area (Å²) < 4.78 is 68.4. The zero-order valence-corrected chi connectivity index (χ0v) is 68.9. The molecule has 614 valence electrons. The Labute approximate surface area is 663 Å². The zero-order chi connectivity index (χ0) is 80.3. The van der Waals surface area contributed by atoms with Crippen LogP contribution in [0, 0.1) is 0 Å². The van der Waals surface area contributed by atoms with Gasteiger partial charge in [-0.3, -0.25) is 37.3 Å². The number of carbonyl (C=O) groups excluding carboxylic acids is 4. The van der Waals surface area contributed by atoms with Gasteiger partial charge in [0.05, 0.1) is 26.4 Å². The summed E-state index contributed by atoms with van der Waals surface area (Å²) in [5.74, 6) is -2.48. The van der Waals surface area contributed by atoms with Gasteiger partial charge in [0, 0.05) is 25.7 Å². The predicted octanol–water partition coefficient (Wildman–Crippen LogP) is 24.0. The van der Waals surface area contributed by atoms with Gasteiger partial charge in [-0.05, 0) is 180 Å². The quantitative estimate of drug-likeness (QED) is 0.0169. The van der Waals surface area contributed by atoms with Crippen LogP contribution in [0.1, 0.15) is 246 Å². The topological polar surface area (TPSA) is 237 Å². The minimum absolute atomic E-state index is 0.0130. The van der Waals surface area contributed by atoms with Crippen molar-refractivity contribution < 1.29 is 80.2 Å². The summed E-state index contributed by atoms with van der Waals surface area (Å²) in [5, 5.41) is 10.7. The van der Waals surface area contributed by atoms with Crippen LogP contribution in [-0.4, -0.2) is 96.7 Å². The largest absolute Gasteiger partial charge is 0.472 e. The van der Waals surface area contributed by atoms with Gasteiger partial charge in [-0.1, -0.05) is 284 Å².